The molecule has 0 aliphatic rings. The first-order valence-electron chi connectivity index (χ1n) is 5.97. The zero-order valence-electron chi connectivity index (χ0n) is 11.4. The summed E-state index contributed by atoms with van der Waals surface area (Å²) in [5, 5.41) is 4.38. The molecule has 7 heteroatoms. The van der Waals surface area contributed by atoms with Crippen molar-refractivity contribution >= 4 is 24.8 Å². The standard InChI is InChI=1S/C13H17FN4.2ClH/c1-9(2)11(15)8-18-6-5-13(17-18)12-4-3-10(14)7-16-12;;/h3-7,9,11H,8,15H2,1-2H3;2*1H/t11-;;/m1../s1. The molecule has 2 heterocycles. The lowest BCUT2D eigenvalue weighted by molar-refractivity contribution is 0.414. The highest BCUT2D eigenvalue weighted by Gasteiger charge is 2.10. The number of nitrogens with two attached hydrogens (primary N) is 1. The highest BCUT2D eigenvalue weighted by Crippen LogP contribution is 2.14. The van der Waals surface area contributed by atoms with Gasteiger partial charge < -0.3 is 5.73 Å². The summed E-state index contributed by atoms with van der Waals surface area (Å²) < 4.78 is 14.6. The van der Waals surface area contributed by atoms with Crippen LogP contribution in [0.2, 0.25) is 0 Å². The van der Waals surface area contributed by atoms with Gasteiger partial charge in [0.15, 0.2) is 0 Å². The molecular weight excluding hydrogens is 302 g/mol. The number of hydrogen-bond donors (Lipinski definition) is 1. The van der Waals surface area contributed by atoms with Crippen LogP contribution in [0.5, 0.6) is 0 Å². The van der Waals surface area contributed by atoms with Crippen molar-refractivity contribution in [3.8, 4) is 11.4 Å². The Morgan fingerprint density at radius 1 is 1.20 bits per heavy atom. The molecular formula is C13H19Cl2FN4. The minimum atomic E-state index is -0.347. The summed E-state index contributed by atoms with van der Waals surface area (Å²) in [4.78, 5) is 3.99. The molecule has 4 nitrogen and oxygen atoms in total. The number of halogens is 3. The summed E-state index contributed by atoms with van der Waals surface area (Å²) in [7, 11) is 0. The SMILES string of the molecule is CC(C)[C@H](N)Cn1ccc(-c2ccc(F)cn2)n1.Cl.Cl. The maximum absolute atomic E-state index is 12.8. The van der Waals surface area contributed by atoms with Gasteiger partial charge in [0, 0.05) is 12.2 Å². The smallest absolute Gasteiger partial charge is 0.141 e. The number of nitrogens with zero attached hydrogens (tertiary/aromatic N) is 3. The van der Waals surface area contributed by atoms with Crippen LogP contribution in [0, 0.1) is 11.7 Å². The minimum absolute atomic E-state index is 0. The lowest BCUT2D eigenvalue weighted by Gasteiger charge is -2.15. The molecule has 0 aromatic carbocycles. The van der Waals surface area contributed by atoms with Gasteiger partial charge in [0.25, 0.3) is 0 Å². The number of aromatic nitrogens is 3. The lowest BCUT2D eigenvalue weighted by Crippen LogP contribution is -2.31. The highest BCUT2D eigenvalue weighted by atomic mass is 35.5. The molecule has 2 N–H and O–H groups in total. The molecule has 2 aromatic heterocycles. The van der Waals surface area contributed by atoms with Gasteiger partial charge >= 0.3 is 0 Å². The molecule has 0 saturated heterocycles. The second-order valence-electron chi connectivity index (χ2n) is 4.69. The first kappa shape index (κ1) is 18.8. The lowest BCUT2D eigenvalue weighted by atomic mass is 10.1. The van der Waals surface area contributed by atoms with Gasteiger partial charge in [-0.05, 0) is 24.1 Å². The van der Waals surface area contributed by atoms with E-state index in [2.05, 4.69) is 23.9 Å². The van der Waals surface area contributed by atoms with E-state index in [1.54, 1.807) is 10.7 Å². The van der Waals surface area contributed by atoms with Gasteiger partial charge in [0.05, 0.1) is 18.4 Å². The highest BCUT2D eigenvalue weighted by molar-refractivity contribution is 5.85. The molecule has 2 aromatic rings. The van der Waals surface area contributed by atoms with E-state index in [-0.39, 0.29) is 36.7 Å². The maximum Gasteiger partial charge on any atom is 0.141 e. The fourth-order valence-corrected chi connectivity index (χ4v) is 1.55. The topological polar surface area (TPSA) is 56.7 Å². The molecule has 0 aliphatic heterocycles. The largest absolute Gasteiger partial charge is 0.326 e. The zero-order valence-corrected chi connectivity index (χ0v) is 13.0. The van der Waals surface area contributed by atoms with Gasteiger partial charge in [-0.2, -0.15) is 5.10 Å². The van der Waals surface area contributed by atoms with Crippen LogP contribution < -0.4 is 5.73 Å². The molecule has 0 amide bonds. The van der Waals surface area contributed by atoms with Crippen molar-refractivity contribution in [3.63, 3.8) is 0 Å². The second kappa shape index (κ2) is 8.19. The summed E-state index contributed by atoms with van der Waals surface area (Å²) >= 11 is 0. The predicted octanol–water partition coefficient (Wildman–Crippen LogP) is 2.91. The normalized spacial score (nSPS) is 11.7. The van der Waals surface area contributed by atoms with Crippen LogP contribution in [-0.2, 0) is 6.54 Å². The molecule has 0 saturated carbocycles. The van der Waals surface area contributed by atoms with Crippen LogP contribution in [0.25, 0.3) is 11.4 Å². The number of rotatable bonds is 4. The molecule has 0 unspecified atom stereocenters. The number of pyridine rings is 1. The molecule has 1 atom stereocenters. The van der Waals surface area contributed by atoms with Gasteiger partial charge in [0.1, 0.15) is 11.5 Å². The third-order valence-corrected chi connectivity index (χ3v) is 2.88. The molecule has 0 spiro atoms. The van der Waals surface area contributed by atoms with Crippen molar-refractivity contribution in [1.29, 1.82) is 0 Å². The van der Waals surface area contributed by atoms with E-state index in [1.807, 2.05) is 12.3 Å². The van der Waals surface area contributed by atoms with E-state index in [1.165, 1.54) is 12.3 Å². The van der Waals surface area contributed by atoms with Crippen LogP contribution in [0.3, 0.4) is 0 Å². The van der Waals surface area contributed by atoms with E-state index >= 15 is 0 Å². The molecule has 112 valence electrons. The Morgan fingerprint density at radius 3 is 2.45 bits per heavy atom. The average molecular weight is 321 g/mol. The Hall–Kier alpha value is -1.17. The van der Waals surface area contributed by atoms with Crippen LogP contribution in [0.15, 0.2) is 30.6 Å². The first-order valence-corrected chi connectivity index (χ1v) is 5.97. The maximum atomic E-state index is 12.8. The van der Waals surface area contributed by atoms with E-state index in [9.17, 15) is 4.39 Å². The zero-order chi connectivity index (χ0) is 13.1. The van der Waals surface area contributed by atoms with Crippen LogP contribution in [-0.4, -0.2) is 20.8 Å². The number of hydrogen-bond acceptors (Lipinski definition) is 3. The van der Waals surface area contributed by atoms with Crippen molar-refractivity contribution in [1.82, 2.24) is 14.8 Å². The Kier molecular flexibility index (Phi) is 7.71. The Bertz CT molecular complexity index is 513. The van der Waals surface area contributed by atoms with Gasteiger partial charge in [-0.3, -0.25) is 9.67 Å². The summed E-state index contributed by atoms with van der Waals surface area (Å²) in [6.45, 7) is 4.83. The van der Waals surface area contributed by atoms with Crippen molar-refractivity contribution in [2.45, 2.75) is 26.4 Å². The summed E-state index contributed by atoms with van der Waals surface area (Å²) in [5.41, 5.74) is 7.38. The van der Waals surface area contributed by atoms with Crippen LogP contribution in [0.4, 0.5) is 4.39 Å². The second-order valence-corrected chi connectivity index (χ2v) is 4.69. The third-order valence-electron chi connectivity index (χ3n) is 2.88. The van der Waals surface area contributed by atoms with Crippen molar-refractivity contribution < 1.29 is 4.39 Å². The Morgan fingerprint density at radius 2 is 1.90 bits per heavy atom. The van der Waals surface area contributed by atoms with Gasteiger partial charge in [-0.1, -0.05) is 13.8 Å². The van der Waals surface area contributed by atoms with E-state index in [0.29, 0.717) is 18.2 Å². The molecule has 2 rings (SSSR count). The Labute approximate surface area is 130 Å². The predicted molar refractivity (Wildman–Crippen MR) is 82.7 cm³/mol. The monoisotopic (exact) mass is 320 g/mol. The fraction of sp³-hybridized carbons (Fsp3) is 0.385. The summed E-state index contributed by atoms with van der Waals surface area (Å²) in [6, 6.07) is 4.91. The molecule has 0 radical (unpaired) electrons. The molecule has 0 fully saturated rings. The van der Waals surface area contributed by atoms with Crippen LogP contribution >= 0.6 is 24.8 Å². The van der Waals surface area contributed by atoms with Crippen molar-refractivity contribution in [2.24, 2.45) is 11.7 Å². The first-order chi connectivity index (χ1) is 8.56. The van der Waals surface area contributed by atoms with E-state index in [4.69, 9.17) is 5.73 Å². The van der Waals surface area contributed by atoms with E-state index < -0.39 is 0 Å². The summed E-state index contributed by atoms with van der Waals surface area (Å²) in [6.07, 6.45) is 3.05. The van der Waals surface area contributed by atoms with Gasteiger partial charge in [0.2, 0.25) is 0 Å². The molecule has 0 bridgehead atoms. The molecule has 0 aliphatic carbocycles. The third kappa shape index (κ3) is 4.74. The van der Waals surface area contributed by atoms with Crippen molar-refractivity contribution in [3.05, 3.63) is 36.4 Å². The summed E-state index contributed by atoms with van der Waals surface area (Å²) in [5.74, 6) is 0.0570. The van der Waals surface area contributed by atoms with Gasteiger partial charge in [-0.15, -0.1) is 24.8 Å². The fourth-order valence-electron chi connectivity index (χ4n) is 1.55. The minimum Gasteiger partial charge on any atom is -0.326 e. The average Bonchev–Trinajstić information content (AvgIpc) is 2.78. The quantitative estimate of drug-likeness (QED) is 0.942. The Balaban J connectivity index is 0.00000180. The van der Waals surface area contributed by atoms with Crippen molar-refractivity contribution in [2.75, 3.05) is 0 Å². The van der Waals surface area contributed by atoms with Crippen LogP contribution in [0.1, 0.15) is 13.8 Å². The van der Waals surface area contributed by atoms with E-state index in [0.717, 1.165) is 5.69 Å². The van der Waals surface area contributed by atoms with Gasteiger partial charge in [-0.25, -0.2) is 4.39 Å². The molecule has 20 heavy (non-hydrogen) atoms.